The fourth-order valence-electron chi connectivity index (χ4n) is 2.48. The van der Waals surface area contributed by atoms with E-state index in [9.17, 15) is 9.59 Å². The Balaban J connectivity index is 0.000000254. The van der Waals surface area contributed by atoms with Gasteiger partial charge < -0.3 is 21.5 Å². The van der Waals surface area contributed by atoms with Crippen LogP contribution in [-0.2, 0) is 16.1 Å². The third-order valence-corrected chi connectivity index (χ3v) is 3.88. The van der Waals surface area contributed by atoms with Crippen LogP contribution in [0.4, 0.5) is 5.69 Å². The van der Waals surface area contributed by atoms with Gasteiger partial charge in [-0.15, -0.1) is 0 Å². The van der Waals surface area contributed by atoms with Gasteiger partial charge in [0.05, 0.1) is 6.10 Å². The van der Waals surface area contributed by atoms with Crippen molar-refractivity contribution in [2.24, 2.45) is 11.5 Å². The van der Waals surface area contributed by atoms with E-state index in [0.29, 0.717) is 18.7 Å². The Kier molecular flexibility index (Phi) is 7.25. The topological polar surface area (TPSA) is 120 Å². The fourth-order valence-corrected chi connectivity index (χ4v) is 2.48. The van der Waals surface area contributed by atoms with E-state index in [-0.39, 0.29) is 17.7 Å². The van der Waals surface area contributed by atoms with Crippen molar-refractivity contribution in [2.75, 3.05) is 5.32 Å². The molecule has 1 aliphatic heterocycles. The number of carbonyl (C=O) groups excluding carboxylic acids is 2. The number of carbonyl (C=O) groups is 2. The molecule has 2 heterocycles. The molecule has 0 bridgehead atoms. The van der Waals surface area contributed by atoms with Gasteiger partial charge >= 0.3 is 0 Å². The Bertz CT molecular complexity index is 737. The van der Waals surface area contributed by atoms with Gasteiger partial charge in [-0.05, 0) is 37.5 Å². The van der Waals surface area contributed by atoms with E-state index in [1.54, 1.807) is 6.07 Å². The minimum absolute atomic E-state index is 0.111. The van der Waals surface area contributed by atoms with Gasteiger partial charge in [0.1, 0.15) is 11.8 Å². The number of nitrogens with zero attached hydrogens (tertiary/aromatic N) is 1. The van der Waals surface area contributed by atoms with Crippen LogP contribution in [0.3, 0.4) is 0 Å². The highest BCUT2D eigenvalue weighted by Gasteiger charge is 2.28. The molecule has 7 heteroatoms. The van der Waals surface area contributed by atoms with Crippen LogP contribution >= 0.6 is 0 Å². The normalized spacial score (nSPS) is 18.5. The van der Waals surface area contributed by atoms with E-state index >= 15 is 0 Å². The third kappa shape index (κ3) is 5.94. The number of nitrogens with two attached hydrogens (primary N) is 2. The molecule has 2 amide bonds. The van der Waals surface area contributed by atoms with Crippen molar-refractivity contribution in [2.45, 2.75) is 38.5 Å². The Labute approximate surface area is 152 Å². The molecule has 1 aromatic carbocycles. The van der Waals surface area contributed by atoms with Crippen molar-refractivity contribution in [1.29, 1.82) is 0 Å². The maximum Gasteiger partial charge on any atom is 0.267 e. The second-order valence-corrected chi connectivity index (χ2v) is 5.99. The molecule has 0 radical (unpaired) electrons. The molecule has 2 unspecified atom stereocenters. The van der Waals surface area contributed by atoms with Gasteiger partial charge in [-0.1, -0.05) is 30.3 Å². The van der Waals surface area contributed by atoms with E-state index in [1.165, 1.54) is 17.8 Å². The van der Waals surface area contributed by atoms with Gasteiger partial charge in [-0.2, -0.15) is 0 Å². The molecule has 138 valence electrons. The zero-order valence-electron chi connectivity index (χ0n) is 14.7. The fraction of sp³-hybridized carbons (Fsp3) is 0.316. The predicted octanol–water partition coefficient (Wildman–Crippen LogP) is 1.83. The van der Waals surface area contributed by atoms with Crippen LogP contribution in [0.25, 0.3) is 0 Å². The van der Waals surface area contributed by atoms with Crippen LogP contribution in [-0.4, -0.2) is 29.0 Å². The van der Waals surface area contributed by atoms with Crippen molar-refractivity contribution in [1.82, 2.24) is 4.98 Å². The lowest BCUT2D eigenvalue weighted by Crippen LogP contribution is -2.28. The summed E-state index contributed by atoms with van der Waals surface area (Å²) >= 11 is 0. The van der Waals surface area contributed by atoms with Gasteiger partial charge in [0, 0.05) is 18.4 Å². The first kappa shape index (κ1) is 19.6. The van der Waals surface area contributed by atoms with E-state index < -0.39 is 12.0 Å². The van der Waals surface area contributed by atoms with Crippen LogP contribution in [0.1, 0.15) is 35.8 Å². The number of hydrogen-bond donors (Lipinski definition) is 3. The van der Waals surface area contributed by atoms with Gasteiger partial charge in [0.15, 0.2) is 0 Å². The SMILES string of the molecule is CC1CCC(C(=O)Nc2ccnc(C(N)=O)c2)O1.NCc1ccccc1. The third-order valence-electron chi connectivity index (χ3n) is 3.88. The summed E-state index contributed by atoms with van der Waals surface area (Å²) in [5.41, 5.74) is 12.3. The highest BCUT2D eigenvalue weighted by molar-refractivity contribution is 5.96. The number of nitrogens with one attached hydrogen (secondary N) is 1. The minimum Gasteiger partial charge on any atom is -0.365 e. The van der Waals surface area contributed by atoms with Crippen LogP contribution < -0.4 is 16.8 Å². The average Bonchev–Trinajstić information content (AvgIpc) is 3.10. The Morgan fingerprint density at radius 2 is 1.96 bits per heavy atom. The monoisotopic (exact) mass is 356 g/mol. The number of anilines is 1. The molecule has 1 aliphatic rings. The van der Waals surface area contributed by atoms with Crippen LogP contribution in [0.2, 0.25) is 0 Å². The zero-order chi connectivity index (χ0) is 18.9. The number of primary amides is 1. The Hall–Kier alpha value is -2.77. The lowest BCUT2D eigenvalue weighted by atomic mass is 10.2. The van der Waals surface area contributed by atoms with Gasteiger partial charge in [0.2, 0.25) is 0 Å². The maximum absolute atomic E-state index is 11.9. The molecule has 1 fully saturated rings. The average molecular weight is 356 g/mol. The number of ether oxygens (including phenoxy) is 1. The molecule has 0 saturated carbocycles. The van der Waals surface area contributed by atoms with Crippen LogP contribution in [0, 0.1) is 0 Å². The molecule has 2 aromatic rings. The molecule has 3 rings (SSSR count). The lowest BCUT2D eigenvalue weighted by molar-refractivity contribution is -0.126. The first-order chi connectivity index (χ1) is 12.5. The molecular formula is C19H24N4O3. The molecule has 0 aliphatic carbocycles. The van der Waals surface area contributed by atoms with Gasteiger partial charge in [-0.25, -0.2) is 0 Å². The Morgan fingerprint density at radius 1 is 1.23 bits per heavy atom. The molecule has 0 spiro atoms. The quantitative estimate of drug-likeness (QED) is 0.772. The molecule has 2 atom stereocenters. The Morgan fingerprint density at radius 3 is 2.50 bits per heavy atom. The van der Waals surface area contributed by atoms with Crippen molar-refractivity contribution >= 4 is 17.5 Å². The van der Waals surface area contributed by atoms with Crippen molar-refractivity contribution in [3.63, 3.8) is 0 Å². The second-order valence-electron chi connectivity index (χ2n) is 5.99. The zero-order valence-corrected chi connectivity index (χ0v) is 14.7. The van der Waals surface area contributed by atoms with E-state index in [0.717, 1.165) is 6.42 Å². The molecule has 1 saturated heterocycles. The molecular weight excluding hydrogens is 332 g/mol. The molecule has 7 nitrogen and oxygen atoms in total. The first-order valence-electron chi connectivity index (χ1n) is 8.45. The van der Waals surface area contributed by atoms with Crippen LogP contribution in [0.15, 0.2) is 48.7 Å². The highest BCUT2D eigenvalue weighted by atomic mass is 16.5. The highest BCUT2D eigenvalue weighted by Crippen LogP contribution is 2.20. The summed E-state index contributed by atoms with van der Waals surface area (Å²) in [6.45, 7) is 2.58. The summed E-state index contributed by atoms with van der Waals surface area (Å²) < 4.78 is 5.45. The van der Waals surface area contributed by atoms with Crippen molar-refractivity contribution in [3.05, 3.63) is 59.9 Å². The van der Waals surface area contributed by atoms with Gasteiger partial charge in [-0.3, -0.25) is 14.6 Å². The summed E-state index contributed by atoms with van der Waals surface area (Å²) in [5, 5.41) is 2.69. The molecule has 5 N–H and O–H groups in total. The minimum atomic E-state index is -0.628. The number of rotatable bonds is 4. The number of pyridine rings is 1. The summed E-state index contributed by atoms with van der Waals surface area (Å²) in [6.07, 6.45) is 2.69. The maximum atomic E-state index is 11.9. The lowest BCUT2D eigenvalue weighted by Gasteiger charge is -2.11. The smallest absolute Gasteiger partial charge is 0.267 e. The number of amides is 2. The number of benzene rings is 1. The first-order valence-corrected chi connectivity index (χ1v) is 8.45. The van der Waals surface area contributed by atoms with E-state index in [1.807, 2.05) is 37.3 Å². The number of aromatic nitrogens is 1. The second kappa shape index (κ2) is 9.65. The molecule has 1 aromatic heterocycles. The number of hydrogen-bond acceptors (Lipinski definition) is 5. The summed E-state index contributed by atoms with van der Waals surface area (Å²) in [5.74, 6) is -0.835. The largest absolute Gasteiger partial charge is 0.365 e. The van der Waals surface area contributed by atoms with E-state index in [2.05, 4.69) is 10.3 Å². The van der Waals surface area contributed by atoms with Crippen molar-refractivity contribution < 1.29 is 14.3 Å². The van der Waals surface area contributed by atoms with E-state index in [4.69, 9.17) is 16.2 Å². The summed E-state index contributed by atoms with van der Waals surface area (Å²) in [6, 6.07) is 13.0. The standard InChI is InChI=1S/C12H15N3O3.C7H9N/c1-7-2-3-10(18-7)12(17)15-8-4-5-14-9(6-8)11(13)16;8-6-7-4-2-1-3-5-7/h4-7,10H,2-3H2,1H3,(H2,13,16)(H,14,15,17);1-5H,6,8H2. The predicted molar refractivity (Wildman–Crippen MR) is 99.3 cm³/mol. The summed E-state index contributed by atoms with van der Waals surface area (Å²) in [7, 11) is 0. The van der Waals surface area contributed by atoms with Gasteiger partial charge in [0.25, 0.3) is 11.8 Å². The van der Waals surface area contributed by atoms with Crippen LogP contribution in [0.5, 0.6) is 0 Å². The van der Waals surface area contributed by atoms with Crippen molar-refractivity contribution in [3.8, 4) is 0 Å². The molecule has 26 heavy (non-hydrogen) atoms. The summed E-state index contributed by atoms with van der Waals surface area (Å²) in [4.78, 5) is 26.6.